The topological polar surface area (TPSA) is 33.0 Å². The quantitative estimate of drug-likeness (QED) is 0.720. The summed E-state index contributed by atoms with van der Waals surface area (Å²) in [7, 11) is 1.67. The number of nitriles is 1. The van der Waals surface area contributed by atoms with E-state index in [0.717, 1.165) is 23.3 Å². The first-order valence-electron chi connectivity index (χ1n) is 7.28. The average molecular weight is 289 g/mol. The minimum absolute atomic E-state index is 0.688. The number of rotatable bonds is 5. The zero-order valence-corrected chi connectivity index (χ0v) is 12.9. The predicted molar refractivity (Wildman–Crippen MR) is 91.5 cm³/mol. The van der Waals surface area contributed by atoms with Crippen molar-refractivity contribution in [3.05, 3.63) is 77.4 Å². The Morgan fingerprint density at radius 3 is 2.32 bits per heavy atom. The molecule has 0 N–H and O–H groups in total. The van der Waals surface area contributed by atoms with E-state index in [4.69, 9.17) is 10.00 Å². The number of hydrogen-bond donors (Lipinski definition) is 0. The molecule has 2 nitrogen and oxygen atoms in total. The molecule has 0 radical (unpaired) electrons. The Labute approximate surface area is 132 Å². The Morgan fingerprint density at radius 2 is 1.77 bits per heavy atom. The van der Waals surface area contributed by atoms with Crippen molar-refractivity contribution >= 4 is 11.6 Å². The summed E-state index contributed by atoms with van der Waals surface area (Å²) >= 11 is 0. The smallest absolute Gasteiger partial charge is 0.118 e. The van der Waals surface area contributed by atoms with Crippen LogP contribution in [0.3, 0.4) is 0 Å². The van der Waals surface area contributed by atoms with E-state index >= 15 is 0 Å². The lowest BCUT2D eigenvalue weighted by Gasteiger charge is -2.04. The van der Waals surface area contributed by atoms with Gasteiger partial charge in [0.15, 0.2) is 0 Å². The molecule has 0 saturated carbocycles. The Kier molecular flexibility index (Phi) is 5.57. The van der Waals surface area contributed by atoms with Crippen LogP contribution in [0.5, 0.6) is 5.75 Å². The Balaban J connectivity index is 2.13. The molecule has 0 spiro atoms. The van der Waals surface area contributed by atoms with Crippen LogP contribution in [0.2, 0.25) is 0 Å². The van der Waals surface area contributed by atoms with Crippen LogP contribution in [0, 0.1) is 11.3 Å². The van der Waals surface area contributed by atoms with E-state index in [9.17, 15) is 0 Å². The molecule has 0 bridgehead atoms. The summed E-state index contributed by atoms with van der Waals surface area (Å²) in [6, 6.07) is 17.8. The van der Waals surface area contributed by atoms with E-state index in [1.54, 1.807) is 7.11 Å². The van der Waals surface area contributed by atoms with Crippen LogP contribution >= 0.6 is 0 Å². The van der Waals surface area contributed by atoms with Gasteiger partial charge in [-0.2, -0.15) is 5.26 Å². The number of ether oxygens (including phenoxy) is 1. The summed E-state index contributed by atoms with van der Waals surface area (Å²) in [6.45, 7) is 2.13. The number of hydrogen-bond acceptors (Lipinski definition) is 2. The van der Waals surface area contributed by atoms with Crippen LogP contribution in [-0.4, -0.2) is 7.11 Å². The first-order valence-corrected chi connectivity index (χ1v) is 7.28. The van der Waals surface area contributed by atoms with Crippen molar-refractivity contribution in [2.45, 2.75) is 13.3 Å². The summed E-state index contributed by atoms with van der Waals surface area (Å²) in [5, 5.41) is 8.84. The van der Waals surface area contributed by atoms with E-state index in [2.05, 4.69) is 31.2 Å². The molecule has 0 aliphatic rings. The number of benzene rings is 2. The Hall–Kier alpha value is -2.79. The molecule has 0 aliphatic carbocycles. The standard InChI is InChI=1S/C20H19NO/c1-3-18(19-11-7-17(15-21)8-12-19)6-4-5-16-9-13-20(22-2)14-10-16/h4-14H,3H2,1-2H3/b5-4+,18-6+. The third-order valence-electron chi connectivity index (χ3n) is 3.47. The van der Waals surface area contributed by atoms with Crippen LogP contribution in [-0.2, 0) is 0 Å². The van der Waals surface area contributed by atoms with E-state index in [1.807, 2.05) is 48.5 Å². The lowest BCUT2D eigenvalue weighted by molar-refractivity contribution is 0.415. The third kappa shape index (κ3) is 4.10. The van der Waals surface area contributed by atoms with Crippen LogP contribution in [0.25, 0.3) is 11.6 Å². The highest BCUT2D eigenvalue weighted by Gasteiger charge is 1.98. The van der Waals surface area contributed by atoms with Gasteiger partial charge in [-0.1, -0.05) is 49.4 Å². The second-order valence-corrected chi connectivity index (χ2v) is 4.87. The molecule has 2 aromatic rings. The molecular formula is C20H19NO. The van der Waals surface area contributed by atoms with Gasteiger partial charge in [0.25, 0.3) is 0 Å². The van der Waals surface area contributed by atoms with Crippen LogP contribution < -0.4 is 4.74 Å². The molecule has 2 heteroatoms. The molecule has 0 atom stereocenters. The molecule has 22 heavy (non-hydrogen) atoms. The minimum Gasteiger partial charge on any atom is -0.497 e. The highest BCUT2D eigenvalue weighted by Crippen LogP contribution is 2.19. The van der Waals surface area contributed by atoms with Gasteiger partial charge in [-0.05, 0) is 47.4 Å². The highest BCUT2D eigenvalue weighted by atomic mass is 16.5. The Morgan fingerprint density at radius 1 is 1.09 bits per heavy atom. The molecule has 0 aromatic heterocycles. The van der Waals surface area contributed by atoms with Crippen molar-refractivity contribution in [2.24, 2.45) is 0 Å². The zero-order chi connectivity index (χ0) is 15.8. The highest BCUT2D eigenvalue weighted by molar-refractivity contribution is 5.69. The van der Waals surface area contributed by atoms with E-state index < -0.39 is 0 Å². The SMILES string of the molecule is CC/C(=C\C=C\c1ccc(OC)cc1)c1ccc(C#N)cc1. The third-order valence-corrected chi connectivity index (χ3v) is 3.47. The molecule has 0 amide bonds. The van der Waals surface area contributed by atoms with Crippen molar-refractivity contribution in [1.82, 2.24) is 0 Å². The van der Waals surface area contributed by atoms with E-state index in [0.29, 0.717) is 5.56 Å². The van der Waals surface area contributed by atoms with Crippen LogP contribution in [0.1, 0.15) is 30.0 Å². The minimum atomic E-state index is 0.688. The molecule has 2 aromatic carbocycles. The van der Waals surface area contributed by atoms with Crippen molar-refractivity contribution in [2.75, 3.05) is 7.11 Å². The second-order valence-electron chi connectivity index (χ2n) is 4.87. The van der Waals surface area contributed by atoms with Crippen LogP contribution in [0.4, 0.5) is 0 Å². The summed E-state index contributed by atoms with van der Waals surface area (Å²) in [4.78, 5) is 0. The molecule has 0 unspecified atom stereocenters. The van der Waals surface area contributed by atoms with Gasteiger partial charge < -0.3 is 4.74 Å². The van der Waals surface area contributed by atoms with Crippen molar-refractivity contribution < 1.29 is 4.74 Å². The van der Waals surface area contributed by atoms with Gasteiger partial charge in [0.1, 0.15) is 5.75 Å². The fraction of sp³-hybridized carbons (Fsp3) is 0.150. The molecular weight excluding hydrogens is 270 g/mol. The van der Waals surface area contributed by atoms with Crippen LogP contribution in [0.15, 0.2) is 60.7 Å². The maximum atomic E-state index is 8.84. The van der Waals surface area contributed by atoms with Crippen molar-refractivity contribution in [3.63, 3.8) is 0 Å². The van der Waals surface area contributed by atoms with Gasteiger partial charge in [0, 0.05) is 0 Å². The Bertz CT molecular complexity index is 701. The van der Waals surface area contributed by atoms with E-state index in [1.165, 1.54) is 5.57 Å². The van der Waals surface area contributed by atoms with Gasteiger partial charge in [0.05, 0.1) is 18.7 Å². The monoisotopic (exact) mass is 289 g/mol. The van der Waals surface area contributed by atoms with Gasteiger partial charge >= 0.3 is 0 Å². The molecule has 0 fully saturated rings. The fourth-order valence-corrected chi connectivity index (χ4v) is 2.17. The zero-order valence-electron chi connectivity index (χ0n) is 12.9. The molecule has 110 valence electrons. The molecule has 2 rings (SSSR count). The van der Waals surface area contributed by atoms with E-state index in [-0.39, 0.29) is 0 Å². The summed E-state index contributed by atoms with van der Waals surface area (Å²) in [5.41, 5.74) is 4.22. The predicted octanol–water partition coefficient (Wildman–Crippen LogP) is 5.07. The van der Waals surface area contributed by atoms with Gasteiger partial charge in [-0.25, -0.2) is 0 Å². The molecule has 0 heterocycles. The first kappa shape index (κ1) is 15.6. The average Bonchev–Trinajstić information content (AvgIpc) is 2.59. The van der Waals surface area contributed by atoms with Gasteiger partial charge in [0.2, 0.25) is 0 Å². The second kappa shape index (κ2) is 7.85. The summed E-state index contributed by atoms with van der Waals surface area (Å²) < 4.78 is 5.15. The van der Waals surface area contributed by atoms with Crippen molar-refractivity contribution in [3.8, 4) is 11.8 Å². The number of allylic oxidation sites excluding steroid dienone is 3. The maximum Gasteiger partial charge on any atom is 0.118 e. The lowest BCUT2D eigenvalue weighted by Crippen LogP contribution is -1.83. The van der Waals surface area contributed by atoms with Gasteiger partial charge in [-0.15, -0.1) is 0 Å². The van der Waals surface area contributed by atoms with Gasteiger partial charge in [-0.3, -0.25) is 0 Å². The number of nitrogens with zero attached hydrogens (tertiary/aromatic N) is 1. The number of methoxy groups -OCH3 is 1. The normalized spacial score (nSPS) is 11.4. The maximum absolute atomic E-state index is 8.84. The first-order chi connectivity index (χ1) is 10.8. The lowest BCUT2D eigenvalue weighted by atomic mass is 10.0. The molecule has 0 saturated heterocycles. The summed E-state index contributed by atoms with van der Waals surface area (Å²) in [6.07, 6.45) is 7.18. The van der Waals surface area contributed by atoms with Crippen molar-refractivity contribution in [1.29, 1.82) is 5.26 Å². The molecule has 0 aliphatic heterocycles. The fourth-order valence-electron chi connectivity index (χ4n) is 2.17. The largest absolute Gasteiger partial charge is 0.497 e. The summed E-state index contributed by atoms with van der Waals surface area (Å²) in [5.74, 6) is 0.861.